The first kappa shape index (κ1) is 10.0. The molecule has 1 unspecified atom stereocenters. The fraction of sp³-hybridized carbons (Fsp3) is 1.00. The number of hydrogen-bond acceptors (Lipinski definition) is 1. The number of rotatable bonds is 4. The van der Waals surface area contributed by atoms with Crippen LogP contribution in [0, 0.1) is 0 Å². The minimum Gasteiger partial charge on any atom is -0.290 e. The van der Waals surface area contributed by atoms with Gasteiger partial charge in [0.1, 0.15) is 0 Å². The molecule has 0 spiro atoms. The zero-order valence-electron chi connectivity index (χ0n) is 8.42. The molecule has 2 nitrogen and oxygen atoms in total. The molecule has 2 heteroatoms. The summed E-state index contributed by atoms with van der Waals surface area (Å²) in [4.78, 5) is 2.41. The Morgan fingerprint density at radius 1 is 1.42 bits per heavy atom. The number of hydrogen-bond donors (Lipinski definition) is 0. The van der Waals surface area contributed by atoms with Crippen LogP contribution in [0.4, 0.5) is 0 Å². The van der Waals surface area contributed by atoms with Crippen LogP contribution in [0.3, 0.4) is 0 Å². The lowest BCUT2D eigenvalue weighted by Gasteiger charge is -2.30. The van der Waals surface area contributed by atoms with Crippen LogP contribution in [0.2, 0.25) is 0 Å². The summed E-state index contributed by atoms with van der Waals surface area (Å²) in [6.45, 7) is 4.54. The van der Waals surface area contributed by atoms with Crippen molar-refractivity contribution in [1.29, 1.82) is 0 Å². The number of piperidine rings is 1. The third-order valence-corrected chi connectivity index (χ3v) is 2.58. The topological polar surface area (TPSA) is 17.3 Å². The first-order chi connectivity index (χ1) is 5.84. The third kappa shape index (κ3) is 3.11. The highest BCUT2D eigenvalue weighted by Crippen LogP contribution is 2.11. The second kappa shape index (κ2) is 5.55. The van der Waals surface area contributed by atoms with Crippen LogP contribution in [0.5, 0.6) is 0 Å². The van der Waals surface area contributed by atoms with Crippen LogP contribution in [0.1, 0.15) is 39.0 Å². The number of unbranched alkanes of at least 4 members (excludes halogenated alkanes) is 1. The first-order valence-electron chi connectivity index (χ1n) is 5.21. The van der Waals surface area contributed by atoms with Crippen LogP contribution < -0.4 is 5.32 Å². The highest BCUT2D eigenvalue weighted by Gasteiger charge is 2.17. The summed E-state index contributed by atoms with van der Waals surface area (Å²) in [7, 11) is 2.20. The molecule has 0 aliphatic carbocycles. The smallest absolute Gasteiger partial charge is 0.0758 e. The lowest BCUT2D eigenvalue weighted by atomic mass is 10.1. The zero-order chi connectivity index (χ0) is 8.81. The summed E-state index contributed by atoms with van der Waals surface area (Å²) in [5.74, 6) is 0. The molecule has 1 radical (unpaired) electrons. The molecule has 1 saturated heterocycles. The molecule has 0 amide bonds. The first-order valence-corrected chi connectivity index (χ1v) is 5.21. The van der Waals surface area contributed by atoms with Gasteiger partial charge >= 0.3 is 0 Å². The normalized spacial score (nSPS) is 24.8. The Morgan fingerprint density at radius 3 is 2.83 bits per heavy atom. The van der Waals surface area contributed by atoms with Gasteiger partial charge in [-0.15, -0.1) is 0 Å². The Labute approximate surface area is 76.3 Å². The van der Waals surface area contributed by atoms with E-state index in [1.54, 1.807) is 0 Å². The van der Waals surface area contributed by atoms with Crippen LogP contribution in [-0.4, -0.2) is 31.2 Å². The highest BCUT2D eigenvalue weighted by molar-refractivity contribution is 4.70. The monoisotopic (exact) mass is 169 g/mol. The van der Waals surface area contributed by atoms with Gasteiger partial charge in [0.2, 0.25) is 0 Å². The predicted octanol–water partition coefficient (Wildman–Crippen LogP) is 1.83. The van der Waals surface area contributed by atoms with E-state index < -0.39 is 0 Å². The van der Waals surface area contributed by atoms with Gasteiger partial charge in [-0.05, 0) is 39.3 Å². The molecule has 0 aromatic carbocycles. The maximum atomic E-state index is 4.61. The van der Waals surface area contributed by atoms with Crippen molar-refractivity contribution in [2.45, 2.75) is 45.2 Å². The van der Waals surface area contributed by atoms with Crippen molar-refractivity contribution in [1.82, 2.24) is 10.2 Å². The Hall–Kier alpha value is -0.0800. The lowest BCUT2D eigenvalue weighted by Crippen LogP contribution is -2.42. The van der Waals surface area contributed by atoms with E-state index in [-0.39, 0.29) is 0 Å². The fourth-order valence-corrected chi connectivity index (χ4v) is 1.69. The van der Waals surface area contributed by atoms with Crippen molar-refractivity contribution < 1.29 is 0 Å². The summed E-state index contributed by atoms with van der Waals surface area (Å²) >= 11 is 0. The van der Waals surface area contributed by atoms with E-state index >= 15 is 0 Å². The van der Waals surface area contributed by atoms with E-state index in [0.717, 1.165) is 6.54 Å². The van der Waals surface area contributed by atoms with E-state index in [9.17, 15) is 0 Å². The average Bonchev–Trinajstić information content (AvgIpc) is 2.15. The number of nitrogens with zero attached hydrogens (tertiary/aromatic N) is 2. The fourth-order valence-electron chi connectivity index (χ4n) is 1.69. The Morgan fingerprint density at radius 2 is 2.25 bits per heavy atom. The SMILES string of the molecule is CCCCN(C)C1CCCC[N]1. The van der Waals surface area contributed by atoms with Crippen molar-refractivity contribution in [3.05, 3.63) is 0 Å². The molecule has 0 aromatic rings. The van der Waals surface area contributed by atoms with Crippen molar-refractivity contribution in [3.8, 4) is 0 Å². The van der Waals surface area contributed by atoms with Crippen molar-refractivity contribution in [3.63, 3.8) is 0 Å². The maximum absolute atomic E-state index is 4.61. The van der Waals surface area contributed by atoms with Gasteiger partial charge in [-0.2, -0.15) is 0 Å². The summed E-state index contributed by atoms with van der Waals surface area (Å²) < 4.78 is 0. The molecule has 1 aliphatic heterocycles. The molecule has 1 rings (SSSR count). The molecule has 1 heterocycles. The predicted molar refractivity (Wildman–Crippen MR) is 52.2 cm³/mol. The molecule has 12 heavy (non-hydrogen) atoms. The van der Waals surface area contributed by atoms with Gasteiger partial charge < -0.3 is 0 Å². The van der Waals surface area contributed by atoms with E-state index in [1.165, 1.54) is 38.6 Å². The van der Waals surface area contributed by atoms with E-state index in [2.05, 4.69) is 24.2 Å². The summed E-state index contributed by atoms with van der Waals surface area (Å²) in [5.41, 5.74) is 0. The minimum absolute atomic E-state index is 0.533. The summed E-state index contributed by atoms with van der Waals surface area (Å²) in [6.07, 6.45) is 7.08. The molecule has 1 fully saturated rings. The Kier molecular flexibility index (Phi) is 4.62. The second-order valence-corrected chi connectivity index (χ2v) is 3.72. The van der Waals surface area contributed by atoms with Crippen LogP contribution in [-0.2, 0) is 0 Å². The van der Waals surface area contributed by atoms with Crippen LogP contribution in [0.25, 0.3) is 0 Å². The molecular weight excluding hydrogens is 148 g/mol. The molecule has 0 aromatic heterocycles. The maximum Gasteiger partial charge on any atom is 0.0758 e. The van der Waals surface area contributed by atoms with Gasteiger partial charge in [-0.1, -0.05) is 13.3 Å². The summed E-state index contributed by atoms with van der Waals surface area (Å²) in [5, 5.41) is 4.61. The van der Waals surface area contributed by atoms with Crippen LogP contribution >= 0.6 is 0 Å². The molecular formula is C10H21N2. The van der Waals surface area contributed by atoms with Crippen molar-refractivity contribution >= 4 is 0 Å². The van der Waals surface area contributed by atoms with Crippen LogP contribution in [0.15, 0.2) is 0 Å². The van der Waals surface area contributed by atoms with E-state index in [1.807, 2.05) is 0 Å². The molecule has 1 atom stereocenters. The van der Waals surface area contributed by atoms with Gasteiger partial charge in [-0.25, -0.2) is 5.32 Å². The summed E-state index contributed by atoms with van der Waals surface area (Å²) in [6, 6.07) is 0. The highest BCUT2D eigenvalue weighted by atomic mass is 15.2. The zero-order valence-corrected chi connectivity index (χ0v) is 8.42. The minimum atomic E-state index is 0.533. The van der Waals surface area contributed by atoms with E-state index in [4.69, 9.17) is 0 Å². The van der Waals surface area contributed by atoms with Crippen molar-refractivity contribution in [2.75, 3.05) is 20.1 Å². The average molecular weight is 169 g/mol. The Bertz CT molecular complexity index is 108. The molecule has 71 valence electrons. The molecule has 1 aliphatic rings. The standard InChI is InChI=1S/C10H21N2/c1-3-4-9-12(2)10-7-5-6-8-11-10/h10H,3-9H2,1-2H3. The lowest BCUT2D eigenvalue weighted by molar-refractivity contribution is 0.164. The quantitative estimate of drug-likeness (QED) is 0.627. The second-order valence-electron chi connectivity index (χ2n) is 3.72. The molecule has 0 bridgehead atoms. The van der Waals surface area contributed by atoms with Gasteiger partial charge in [0.15, 0.2) is 0 Å². The van der Waals surface area contributed by atoms with E-state index in [0.29, 0.717) is 6.17 Å². The molecule has 0 saturated carbocycles. The van der Waals surface area contributed by atoms with Gasteiger partial charge in [0.05, 0.1) is 6.17 Å². The Balaban J connectivity index is 2.15. The van der Waals surface area contributed by atoms with Crippen molar-refractivity contribution in [2.24, 2.45) is 0 Å². The third-order valence-electron chi connectivity index (χ3n) is 2.58. The van der Waals surface area contributed by atoms with Gasteiger partial charge in [0.25, 0.3) is 0 Å². The van der Waals surface area contributed by atoms with Gasteiger partial charge in [-0.3, -0.25) is 4.90 Å². The largest absolute Gasteiger partial charge is 0.290 e. The van der Waals surface area contributed by atoms with Gasteiger partial charge in [0, 0.05) is 6.54 Å². The molecule has 0 N–H and O–H groups in total.